The number of benzene rings is 1. The summed E-state index contributed by atoms with van der Waals surface area (Å²) in [6, 6.07) is 7.49. The highest BCUT2D eigenvalue weighted by molar-refractivity contribution is 9.10. The van der Waals surface area contributed by atoms with Crippen molar-refractivity contribution >= 4 is 27.7 Å². The maximum absolute atomic E-state index is 12.5. The molecule has 1 aromatic carbocycles. The van der Waals surface area contributed by atoms with E-state index in [1.54, 1.807) is 0 Å². The number of nitrogens with zero attached hydrogens (tertiary/aromatic N) is 1. The molecule has 5 nitrogen and oxygen atoms in total. The molecule has 1 saturated heterocycles. The maximum Gasteiger partial charge on any atom is 0.275 e. The van der Waals surface area contributed by atoms with E-state index in [0.29, 0.717) is 25.2 Å². The number of carbonyl (C=O) groups excluding carboxylic acids is 2. The summed E-state index contributed by atoms with van der Waals surface area (Å²) in [6.07, 6.45) is 0. The lowest BCUT2D eigenvalue weighted by Gasteiger charge is -2.32. The molecule has 0 saturated carbocycles. The normalized spacial score (nSPS) is 16.3. The van der Waals surface area contributed by atoms with Gasteiger partial charge in [-0.05, 0) is 48.8 Å². The van der Waals surface area contributed by atoms with Gasteiger partial charge in [-0.25, -0.2) is 0 Å². The van der Waals surface area contributed by atoms with Crippen LogP contribution in [0.15, 0.2) is 28.7 Å². The number of nitrogens with one attached hydrogen (secondary N) is 2. The van der Waals surface area contributed by atoms with Crippen LogP contribution in [0.4, 0.5) is 0 Å². The van der Waals surface area contributed by atoms with E-state index in [-0.39, 0.29) is 17.4 Å². The molecule has 126 valence electrons. The number of hydrogen-bond donors (Lipinski definition) is 2. The highest BCUT2D eigenvalue weighted by Crippen LogP contribution is 2.17. The van der Waals surface area contributed by atoms with Gasteiger partial charge in [0.1, 0.15) is 0 Å². The van der Waals surface area contributed by atoms with Crippen LogP contribution in [0, 0.1) is 0 Å². The lowest BCUT2D eigenvalue weighted by Crippen LogP contribution is -3.16. The van der Waals surface area contributed by atoms with E-state index in [1.165, 1.54) is 4.90 Å². The molecule has 1 aromatic rings. The number of piperazine rings is 1. The average Bonchev–Trinajstić information content (AvgIpc) is 2.46. The van der Waals surface area contributed by atoms with E-state index in [9.17, 15) is 9.59 Å². The van der Waals surface area contributed by atoms with Crippen LogP contribution in [0.3, 0.4) is 0 Å². The van der Waals surface area contributed by atoms with Crippen LogP contribution in [-0.4, -0.2) is 55.0 Å². The Hall–Kier alpha value is -1.40. The van der Waals surface area contributed by atoms with Crippen molar-refractivity contribution in [1.82, 2.24) is 10.2 Å². The number of halogens is 1. The van der Waals surface area contributed by atoms with Crippen molar-refractivity contribution in [2.24, 2.45) is 0 Å². The number of hydrogen-bond acceptors (Lipinski definition) is 2. The minimum absolute atomic E-state index is 0.0515. The molecule has 0 aromatic heterocycles. The summed E-state index contributed by atoms with van der Waals surface area (Å²) in [4.78, 5) is 27.6. The summed E-state index contributed by atoms with van der Waals surface area (Å²) in [5.74, 6) is 0.119. The van der Waals surface area contributed by atoms with Crippen molar-refractivity contribution < 1.29 is 14.5 Å². The minimum Gasteiger partial charge on any atom is -0.347 e. The molecule has 0 aliphatic carbocycles. The van der Waals surface area contributed by atoms with E-state index in [4.69, 9.17) is 0 Å². The topological polar surface area (TPSA) is 53.9 Å². The van der Waals surface area contributed by atoms with Gasteiger partial charge in [0.2, 0.25) is 0 Å². The van der Waals surface area contributed by atoms with E-state index in [0.717, 1.165) is 17.6 Å². The zero-order valence-corrected chi connectivity index (χ0v) is 15.6. The van der Waals surface area contributed by atoms with Crippen LogP contribution in [0.5, 0.6) is 0 Å². The minimum atomic E-state index is -0.200. The van der Waals surface area contributed by atoms with Crippen molar-refractivity contribution in [3.63, 3.8) is 0 Å². The van der Waals surface area contributed by atoms with Gasteiger partial charge in [0, 0.05) is 10.0 Å². The summed E-state index contributed by atoms with van der Waals surface area (Å²) in [6.45, 7) is 9.37. The van der Waals surface area contributed by atoms with Crippen molar-refractivity contribution in [2.75, 3.05) is 32.7 Å². The standard InChI is InChI=1S/C17H24BrN3O2/c1-17(2,3)19-15(22)12-20-8-10-21(11-9-20)16(23)13-6-4-5-7-14(13)18/h4-7H,8-12H2,1-3H3,(H,19,22)/p+1. The van der Waals surface area contributed by atoms with Gasteiger partial charge in [-0.2, -0.15) is 0 Å². The van der Waals surface area contributed by atoms with Crippen LogP contribution >= 0.6 is 15.9 Å². The number of quaternary nitrogens is 1. The molecule has 1 fully saturated rings. The SMILES string of the molecule is CC(C)(C)NC(=O)C[NH+]1CCN(C(=O)c2ccccc2Br)CC1. The van der Waals surface area contributed by atoms with E-state index < -0.39 is 0 Å². The fraction of sp³-hybridized carbons (Fsp3) is 0.529. The van der Waals surface area contributed by atoms with Crippen LogP contribution in [0.1, 0.15) is 31.1 Å². The second kappa shape index (κ2) is 7.45. The second-order valence-corrected chi connectivity index (χ2v) is 7.85. The molecule has 1 aliphatic heterocycles. The molecule has 2 amide bonds. The summed E-state index contributed by atoms with van der Waals surface area (Å²) in [5, 5.41) is 2.99. The predicted molar refractivity (Wildman–Crippen MR) is 93.5 cm³/mol. The third-order valence-electron chi connectivity index (χ3n) is 3.79. The van der Waals surface area contributed by atoms with Crippen molar-refractivity contribution in [3.05, 3.63) is 34.3 Å². The molecule has 0 atom stereocenters. The van der Waals surface area contributed by atoms with Crippen molar-refractivity contribution in [3.8, 4) is 0 Å². The van der Waals surface area contributed by atoms with Crippen LogP contribution in [-0.2, 0) is 4.79 Å². The molecule has 2 rings (SSSR count). The lowest BCUT2D eigenvalue weighted by molar-refractivity contribution is -0.896. The number of amides is 2. The molecule has 23 heavy (non-hydrogen) atoms. The van der Waals surface area contributed by atoms with Crippen LogP contribution in [0.25, 0.3) is 0 Å². The molecule has 6 heteroatoms. The fourth-order valence-corrected chi connectivity index (χ4v) is 3.15. The summed E-state index contributed by atoms with van der Waals surface area (Å²) >= 11 is 3.43. The molecular formula is C17H25BrN3O2+. The van der Waals surface area contributed by atoms with Gasteiger partial charge in [-0.1, -0.05) is 12.1 Å². The largest absolute Gasteiger partial charge is 0.347 e. The first-order chi connectivity index (χ1) is 10.8. The third-order valence-corrected chi connectivity index (χ3v) is 4.48. The monoisotopic (exact) mass is 382 g/mol. The first-order valence-corrected chi connectivity index (χ1v) is 8.74. The van der Waals surface area contributed by atoms with Gasteiger partial charge in [0.25, 0.3) is 11.8 Å². The summed E-state index contributed by atoms with van der Waals surface area (Å²) in [5.41, 5.74) is 0.495. The maximum atomic E-state index is 12.5. The molecule has 1 heterocycles. The average molecular weight is 383 g/mol. The predicted octanol–water partition coefficient (Wildman–Crippen LogP) is 0.705. The fourth-order valence-electron chi connectivity index (χ4n) is 2.70. The van der Waals surface area contributed by atoms with Gasteiger partial charge in [-0.3, -0.25) is 9.59 Å². The second-order valence-electron chi connectivity index (χ2n) is 7.00. The van der Waals surface area contributed by atoms with Gasteiger partial charge in [0.05, 0.1) is 31.7 Å². The molecule has 0 unspecified atom stereocenters. The Bertz CT molecular complexity index is 575. The van der Waals surface area contributed by atoms with Crippen LogP contribution < -0.4 is 10.2 Å². The van der Waals surface area contributed by atoms with Crippen molar-refractivity contribution in [2.45, 2.75) is 26.3 Å². The lowest BCUT2D eigenvalue weighted by atomic mass is 10.1. The Morgan fingerprint density at radius 1 is 1.22 bits per heavy atom. The van der Waals surface area contributed by atoms with E-state index >= 15 is 0 Å². The Labute approximate surface area is 146 Å². The number of carbonyl (C=O) groups is 2. The smallest absolute Gasteiger partial charge is 0.275 e. The molecule has 0 radical (unpaired) electrons. The van der Waals surface area contributed by atoms with Gasteiger partial charge in [0.15, 0.2) is 6.54 Å². The Morgan fingerprint density at radius 2 is 1.83 bits per heavy atom. The molecule has 0 bridgehead atoms. The van der Waals surface area contributed by atoms with Gasteiger partial charge < -0.3 is 15.1 Å². The quantitative estimate of drug-likeness (QED) is 0.808. The van der Waals surface area contributed by atoms with E-state index in [1.807, 2.05) is 49.9 Å². The first-order valence-electron chi connectivity index (χ1n) is 7.94. The van der Waals surface area contributed by atoms with Gasteiger partial charge in [-0.15, -0.1) is 0 Å². The molecule has 0 spiro atoms. The van der Waals surface area contributed by atoms with Gasteiger partial charge >= 0.3 is 0 Å². The highest BCUT2D eigenvalue weighted by Gasteiger charge is 2.27. The first kappa shape index (κ1) is 17.9. The zero-order valence-electron chi connectivity index (χ0n) is 14.0. The molecular weight excluding hydrogens is 358 g/mol. The summed E-state index contributed by atoms with van der Waals surface area (Å²) < 4.78 is 0.823. The molecule has 1 aliphatic rings. The third kappa shape index (κ3) is 5.32. The number of rotatable bonds is 3. The Balaban J connectivity index is 1.85. The Kier molecular flexibility index (Phi) is 5.81. The van der Waals surface area contributed by atoms with Crippen molar-refractivity contribution in [1.29, 1.82) is 0 Å². The summed E-state index contributed by atoms with van der Waals surface area (Å²) in [7, 11) is 0. The van der Waals surface area contributed by atoms with E-state index in [2.05, 4.69) is 21.2 Å². The molecule has 2 N–H and O–H groups in total. The van der Waals surface area contributed by atoms with Crippen LogP contribution in [0.2, 0.25) is 0 Å². The Morgan fingerprint density at radius 3 is 2.39 bits per heavy atom. The highest BCUT2D eigenvalue weighted by atomic mass is 79.9. The zero-order chi connectivity index (χ0) is 17.0.